The van der Waals surface area contributed by atoms with Gasteiger partial charge >= 0.3 is 0 Å². The van der Waals surface area contributed by atoms with Gasteiger partial charge in [-0.05, 0) is 24.8 Å². The Morgan fingerprint density at radius 1 is 1.21 bits per heavy atom. The minimum atomic E-state index is -0.229. The molecule has 0 aliphatic carbocycles. The van der Waals surface area contributed by atoms with Crippen LogP contribution < -0.4 is 5.32 Å². The third-order valence-electron chi connectivity index (χ3n) is 4.00. The van der Waals surface area contributed by atoms with E-state index in [4.69, 9.17) is 0 Å². The maximum Gasteiger partial charge on any atom is 0.239 e. The maximum absolute atomic E-state index is 12.5. The fourth-order valence-electron chi connectivity index (χ4n) is 2.65. The first-order valence-corrected chi connectivity index (χ1v) is 8.65. The first kappa shape index (κ1) is 19.9. The number of nitrogens with zero attached hydrogens (tertiary/aromatic N) is 1. The smallest absolute Gasteiger partial charge is 0.239 e. The molecule has 0 aromatic heterocycles. The molecule has 1 atom stereocenters. The molecule has 1 aromatic carbocycles. The van der Waals surface area contributed by atoms with Gasteiger partial charge in [-0.15, -0.1) is 0 Å². The van der Waals surface area contributed by atoms with Crippen LogP contribution in [0, 0.1) is 5.92 Å². The SMILES string of the molecule is CCCC(CC)C(=O)N(CC=O)CC(=O)NCCc1ccccc1. The first-order chi connectivity index (χ1) is 11.6. The van der Waals surface area contributed by atoms with Gasteiger partial charge in [0.1, 0.15) is 6.29 Å². The average Bonchev–Trinajstić information content (AvgIpc) is 2.59. The van der Waals surface area contributed by atoms with Crippen molar-refractivity contribution in [3.05, 3.63) is 35.9 Å². The largest absolute Gasteiger partial charge is 0.354 e. The Labute approximate surface area is 144 Å². The zero-order valence-corrected chi connectivity index (χ0v) is 14.7. The minimum Gasteiger partial charge on any atom is -0.354 e. The summed E-state index contributed by atoms with van der Waals surface area (Å²) in [4.78, 5) is 36.7. The molecule has 0 radical (unpaired) electrons. The predicted octanol–water partition coefficient (Wildman–Crippen LogP) is 2.20. The summed E-state index contributed by atoms with van der Waals surface area (Å²) in [6.07, 6.45) is 3.82. The Balaban J connectivity index is 2.49. The molecular formula is C19H28N2O3. The molecule has 0 fully saturated rings. The van der Waals surface area contributed by atoms with Crippen molar-refractivity contribution >= 4 is 18.1 Å². The van der Waals surface area contributed by atoms with E-state index in [1.807, 2.05) is 44.2 Å². The van der Waals surface area contributed by atoms with Gasteiger partial charge in [0.2, 0.25) is 11.8 Å². The van der Waals surface area contributed by atoms with Crippen LogP contribution >= 0.6 is 0 Å². The number of rotatable bonds is 11. The van der Waals surface area contributed by atoms with E-state index in [0.29, 0.717) is 12.8 Å². The molecule has 1 rings (SSSR count). The first-order valence-electron chi connectivity index (χ1n) is 8.65. The second kappa shape index (κ2) is 11.4. The standard InChI is InChI=1S/C19H28N2O3/c1-3-8-17(4-2)19(24)21(13-14-22)15-18(23)20-12-11-16-9-6-5-7-10-16/h5-7,9-10,14,17H,3-4,8,11-13,15H2,1-2H3,(H,20,23). The van der Waals surface area contributed by atoms with Crippen LogP contribution in [0.5, 0.6) is 0 Å². The monoisotopic (exact) mass is 332 g/mol. The van der Waals surface area contributed by atoms with Crippen LogP contribution in [-0.2, 0) is 20.8 Å². The molecule has 132 valence electrons. The number of hydrogen-bond acceptors (Lipinski definition) is 3. The third-order valence-corrected chi connectivity index (χ3v) is 4.00. The van der Waals surface area contributed by atoms with Gasteiger partial charge in [0, 0.05) is 12.5 Å². The number of benzene rings is 1. The second-order valence-corrected chi connectivity index (χ2v) is 5.86. The average molecular weight is 332 g/mol. The van der Waals surface area contributed by atoms with Gasteiger partial charge < -0.3 is 15.0 Å². The summed E-state index contributed by atoms with van der Waals surface area (Å²) < 4.78 is 0. The quantitative estimate of drug-likeness (QED) is 0.632. The lowest BCUT2D eigenvalue weighted by Gasteiger charge is -2.24. The van der Waals surface area contributed by atoms with E-state index in [-0.39, 0.29) is 30.8 Å². The maximum atomic E-state index is 12.5. The number of amides is 2. The van der Waals surface area contributed by atoms with Gasteiger partial charge in [0.15, 0.2) is 0 Å². The van der Waals surface area contributed by atoms with Crippen molar-refractivity contribution in [3.63, 3.8) is 0 Å². The van der Waals surface area contributed by atoms with Crippen molar-refractivity contribution in [2.24, 2.45) is 5.92 Å². The predicted molar refractivity (Wildman–Crippen MR) is 94.5 cm³/mol. The number of hydrogen-bond donors (Lipinski definition) is 1. The molecule has 0 bridgehead atoms. The van der Waals surface area contributed by atoms with Crippen LogP contribution in [0.4, 0.5) is 0 Å². The van der Waals surface area contributed by atoms with E-state index in [1.165, 1.54) is 4.90 Å². The van der Waals surface area contributed by atoms with Gasteiger partial charge in [0.25, 0.3) is 0 Å². The number of carbonyl (C=O) groups is 3. The molecular weight excluding hydrogens is 304 g/mol. The van der Waals surface area contributed by atoms with Gasteiger partial charge in [-0.1, -0.05) is 50.6 Å². The van der Waals surface area contributed by atoms with E-state index >= 15 is 0 Å². The van der Waals surface area contributed by atoms with Crippen LogP contribution in [-0.4, -0.2) is 42.6 Å². The number of aldehydes is 1. The molecule has 2 amide bonds. The molecule has 1 unspecified atom stereocenters. The van der Waals surface area contributed by atoms with E-state index in [1.54, 1.807) is 0 Å². The minimum absolute atomic E-state index is 0.0366. The highest BCUT2D eigenvalue weighted by molar-refractivity contribution is 5.87. The summed E-state index contributed by atoms with van der Waals surface area (Å²) in [6.45, 7) is 4.39. The fraction of sp³-hybridized carbons (Fsp3) is 0.526. The Morgan fingerprint density at radius 3 is 2.50 bits per heavy atom. The summed E-state index contributed by atoms with van der Waals surface area (Å²) in [5, 5.41) is 2.82. The van der Waals surface area contributed by atoms with Crippen LogP contribution in [0.25, 0.3) is 0 Å². The Kier molecular flexibility index (Phi) is 9.42. The lowest BCUT2D eigenvalue weighted by Crippen LogP contribution is -2.44. The number of carbonyl (C=O) groups excluding carboxylic acids is 3. The molecule has 0 saturated carbocycles. The number of nitrogens with one attached hydrogen (secondary N) is 1. The topological polar surface area (TPSA) is 66.5 Å². The highest BCUT2D eigenvalue weighted by Gasteiger charge is 2.23. The summed E-state index contributed by atoms with van der Waals surface area (Å²) >= 11 is 0. The molecule has 24 heavy (non-hydrogen) atoms. The zero-order chi connectivity index (χ0) is 17.8. The fourth-order valence-corrected chi connectivity index (χ4v) is 2.65. The van der Waals surface area contributed by atoms with Gasteiger partial charge in [-0.2, -0.15) is 0 Å². The molecule has 1 aromatic rings. The molecule has 5 heteroatoms. The van der Waals surface area contributed by atoms with Crippen LogP contribution in [0.2, 0.25) is 0 Å². The van der Waals surface area contributed by atoms with Crippen molar-refractivity contribution in [2.45, 2.75) is 39.5 Å². The van der Waals surface area contributed by atoms with E-state index < -0.39 is 0 Å². The summed E-state index contributed by atoms with van der Waals surface area (Å²) in [6, 6.07) is 9.88. The zero-order valence-electron chi connectivity index (χ0n) is 14.7. The molecule has 0 heterocycles. The Bertz CT molecular complexity index is 517. The molecule has 0 aliphatic rings. The van der Waals surface area contributed by atoms with Crippen molar-refractivity contribution in [2.75, 3.05) is 19.6 Å². The molecule has 0 saturated heterocycles. The molecule has 5 nitrogen and oxygen atoms in total. The summed E-state index contributed by atoms with van der Waals surface area (Å²) in [7, 11) is 0. The highest BCUT2D eigenvalue weighted by atomic mass is 16.2. The third kappa shape index (κ3) is 6.94. The lowest BCUT2D eigenvalue weighted by atomic mass is 9.99. The summed E-state index contributed by atoms with van der Waals surface area (Å²) in [5.74, 6) is -0.454. The van der Waals surface area contributed by atoms with E-state index in [0.717, 1.165) is 31.2 Å². The van der Waals surface area contributed by atoms with E-state index in [9.17, 15) is 14.4 Å². The molecule has 0 aliphatic heterocycles. The van der Waals surface area contributed by atoms with Gasteiger partial charge in [0.05, 0.1) is 13.1 Å². The van der Waals surface area contributed by atoms with Crippen molar-refractivity contribution < 1.29 is 14.4 Å². The Hall–Kier alpha value is -2.17. The molecule has 1 N–H and O–H groups in total. The van der Waals surface area contributed by atoms with Crippen molar-refractivity contribution in [3.8, 4) is 0 Å². The van der Waals surface area contributed by atoms with Gasteiger partial charge in [-0.25, -0.2) is 0 Å². The summed E-state index contributed by atoms with van der Waals surface area (Å²) in [5.41, 5.74) is 1.15. The molecule has 0 spiro atoms. The lowest BCUT2D eigenvalue weighted by molar-refractivity contribution is -0.140. The van der Waals surface area contributed by atoms with Crippen molar-refractivity contribution in [1.29, 1.82) is 0 Å². The van der Waals surface area contributed by atoms with Crippen LogP contribution in [0.1, 0.15) is 38.7 Å². The normalized spacial score (nSPS) is 11.6. The Morgan fingerprint density at radius 2 is 1.92 bits per heavy atom. The second-order valence-electron chi connectivity index (χ2n) is 5.86. The van der Waals surface area contributed by atoms with Crippen LogP contribution in [0.15, 0.2) is 30.3 Å². The highest BCUT2D eigenvalue weighted by Crippen LogP contribution is 2.14. The van der Waals surface area contributed by atoms with Crippen molar-refractivity contribution in [1.82, 2.24) is 10.2 Å². The van der Waals surface area contributed by atoms with Gasteiger partial charge in [-0.3, -0.25) is 9.59 Å². The van der Waals surface area contributed by atoms with E-state index in [2.05, 4.69) is 5.32 Å². The van der Waals surface area contributed by atoms with Crippen LogP contribution in [0.3, 0.4) is 0 Å².